The molecule has 10 aromatic carbocycles. The molecule has 0 saturated carbocycles. The molecule has 0 fully saturated rings. The van der Waals surface area contributed by atoms with Crippen molar-refractivity contribution in [2.75, 3.05) is 4.90 Å². The first-order valence-electron chi connectivity index (χ1n) is 19.5. The van der Waals surface area contributed by atoms with Crippen molar-refractivity contribution in [3.8, 4) is 16.8 Å². The Bertz CT molecular complexity index is 3420. The fourth-order valence-electron chi connectivity index (χ4n) is 9.12. The van der Waals surface area contributed by atoms with Crippen molar-refractivity contribution in [2.45, 2.75) is 0 Å². The van der Waals surface area contributed by atoms with Crippen molar-refractivity contribution in [1.82, 2.24) is 4.57 Å². The van der Waals surface area contributed by atoms with Crippen LogP contribution in [0.5, 0.6) is 0 Å². The minimum absolute atomic E-state index is 0.888. The monoisotopic (exact) mass is 726 g/mol. The Morgan fingerprint density at radius 2 is 0.860 bits per heavy atom. The predicted octanol–water partition coefficient (Wildman–Crippen LogP) is 15.3. The lowest BCUT2D eigenvalue weighted by molar-refractivity contribution is 0.669. The number of furan rings is 1. The van der Waals surface area contributed by atoms with Crippen LogP contribution in [-0.2, 0) is 0 Å². The van der Waals surface area contributed by atoms with Crippen molar-refractivity contribution in [3.63, 3.8) is 0 Å². The van der Waals surface area contributed by atoms with Crippen molar-refractivity contribution in [2.24, 2.45) is 0 Å². The van der Waals surface area contributed by atoms with Gasteiger partial charge < -0.3 is 13.9 Å². The number of benzene rings is 10. The standard InChI is InChI=1S/C54H34N2O/c1-4-14-43-37(10-1)13-9-18-48(43)55(42-30-33-52-47(34-42)46-17-7-8-19-51(46)57-52)40-26-20-35(21-27-40)36-22-28-41(29-23-36)56-49-31-24-38-11-2-5-15-44(38)53(49)54-45-16-6-3-12-39(45)25-32-50(54)56/h1-34H. The zero-order chi connectivity index (χ0) is 37.5. The zero-order valence-electron chi connectivity index (χ0n) is 30.9. The van der Waals surface area contributed by atoms with E-state index in [1.165, 1.54) is 65.3 Å². The summed E-state index contributed by atoms with van der Waals surface area (Å²) in [6, 6.07) is 74.5. The smallest absolute Gasteiger partial charge is 0.135 e. The number of nitrogens with zero attached hydrogens (tertiary/aromatic N) is 2. The molecule has 0 saturated heterocycles. The first kappa shape index (κ1) is 31.7. The molecular weight excluding hydrogens is 693 g/mol. The van der Waals surface area contributed by atoms with Gasteiger partial charge in [-0.05, 0) is 105 Å². The summed E-state index contributed by atoms with van der Waals surface area (Å²) in [5.74, 6) is 0. The van der Waals surface area contributed by atoms with Crippen molar-refractivity contribution in [3.05, 3.63) is 206 Å². The van der Waals surface area contributed by atoms with Gasteiger partial charge in [-0.3, -0.25) is 0 Å². The van der Waals surface area contributed by atoms with Crippen molar-refractivity contribution in [1.29, 1.82) is 0 Å². The number of hydrogen-bond donors (Lipinski definition) is 0. The van der Waals surface area contributed by atoms with Crippen LogP contribution in [0.2, 0.25) is 0 Å². The Morgan fingerprint density at radius 1 is 0.351 bits per heavy atom. The average Bonchev–Trinajstić information content (AvgIpc) is 3.83. The normalized spacial score (nSPS) is 11.9. The number of rotatable bonds is 5. The van der Waals surface area contributed by atoms with Crippen LogP contribution >= 0.6 is 0 Å². The number of aromatic nitrogens is 1. The molecule has 0 radical (unpaired) electrons. The molecule has 0 spiro atoms. The molecule has 0 bridgehead atoms. The first-order chi connectivity index (χ1) is 28.3. The molecule has 0 aliphatic carbocycles. The third-order valence-corrected chi connectivity index (χ3v) is 11.8. The van der Waals surface area contributed by atoms with Gasteiger partial charge in [-0.2, -0.15) is 0 Å². The van der Waals surface area contributed by atoms with Crippen molar-refractivity contribution < 1.29 is 4.42 Å². The van der Waals surface area contributed by atoms with Crippen LogP contribution in [0.15, 0.2) is 211 Å². The van der Waals surface area contributed by atoms with E-state index in [0.29, 0.717) is 0 Å². The first-order valence-corrected chi connectivity index (χ1v) is 19.5. The Kier molecular flexibility index (Phi) is 6.93. The molecule has 2 aromatic heterocycles. The van der Waals surface area contributed by atoms with Crippen LogP contribution < -0.4 is 4.90 Å². The van der Waals surface area contributed by atoms with Crippen LogP contribution in [0.1, 0.15) is 0 Å². The topological polar surface area (TPSA) is 21.3 Å². The molecule has 12 rings (SSSR count). The molecule has 3 heteroatoms. The highest BCUT2D eigenvalue weighted by atomic mass is 16.3. The van der Waals surface area contributed by atoms with Crippen LogP contribution in [0.4, 0.5) is 17.1 Å². The zero-order valence-corrected chi connectivity index (χ0v) is 30.9. The molecule has 0 aliphatic heterocycles. The Labute approximate surface area is 328 Å². The summed E-state index contributed by atoms with van der Waals surface area (Å²) >= 11 is 0. The summed E-state index contributed by atoms with van der Waals surface area (Å²) in [7, 11) is 0. The van der Waals surface area contributed by atoms with Gasteiger partial charge in [0.1, 0.15) is 11.2 Å². The summed E-state index contributed by atoms with van der Waals surface area (Å²) in [5.41, 5.74) is 11.0. The number of hydrogen-bond acceptors (Lipinski definition) is 2. The fraction of sp³-hybridized carbons (Fsp3) is 0. The lowest BCUT2D eigenvalue weighted by Crippen LogP contribution is -2.10. The summed E-state index contributed by atoms with van der Waals surface area (Å²) in [5, 5.41) is 12.3. The summed E-state index contributed by atoms with van der Waals surface area (Å²) in [6.07, 6.45) is 0. The Morgan fingerprint density at radius 3 is 1.53 bits per heavy atom. The highest BCUT2D eigenvalue weighted by molar-refractivity contribution is 6.28. The minimum Gasteiger partial charge on any atom is -0.456 e. The predicted molar refractivity (Wildman–Crippen MR) is 241 cm³/mol. The molecule has 0 amide bonds. The minimum atomic E-state index is 0.888. The van der Waals surface area contributed by atoms with E-state index >= 15 is 0 Å². The van der Waals surface area contributed by atoms with Gasteiger partial charge in [-0.1, -0.05) is 140 Å². The third kappa shape index (κ3) is 4.92. The van der Waals surface area contributed by atoms with Gasteiger partial charge in [-0.15, -0.1) is 0 Å². The highest BCUT2D eigenvalue weighted by Gasteiger charge is 2.19. The van der Waals surface area contributed by atoms with Crippen LogP contribution in [0.25, 0.3) is 92.9 Å². The van der Waals surface area contributed by atoms with E-state index < -0.39 is 0 Å². The van der Waals surface area contributed by atoms with Crippen LogP contribution in [0.3, 0.4) is 0 Å². The summed E-state index contributed by atoms with van der Waals surface area (Å²) in [6.45, 7) is 0. The van der Waals surface area contributed by atoms with E-state index in [1.807, 2.05) is 12.1 Å². The van der Waals surface area contributed by atoms with Gasteiger partial charge in [0.05, 0.1) is 16.7 Å². The summed E-state index contributed by atoms with van der Waals surface area (Å²) < 4.78 is 8.65. The molecule has 0 unspecified atom stereocenters. The SMILES string of the molecule is c1ccc2c(N(c3ccc(-c4ccc(-n5c6ccc7ccccc7c6c6c7ccccc7ccc65)cc4)cc3)c3ccc4oc5ccccc5c4c3)cccc2c1. The highest BCUT2D eigenvalue weighted by Crippen LogP contribution is 2.43. The molecule has 266 valence electrons. The second kappa shape index (κ2) is 12.5. The lowest BCUT2D eigenvalue weighted by atomic mass is 10.00. The van der Waals surface area contributed by atoms with E-state index in [2.05, 4.69) is 204 Å². The Balaban J connectivity index is 0.968. The maximum atomic E-state index is 6.22. The maximum absolute atomic E-state index is 6.22. The molecule has 2 heterocycles. The third-order valence-electron chi connectivity index (χ3n) is 11.8. The molecule has 0 aliphatic rings. The van der Waals surface area contributed by atoms with E-state index in [9.17, 15) is 0 Å². The van der Waals surface area contributed by atoms with Crippen LogP contribution in [-0.4, -0.2) is 4.57 Å². The number of fused-ring (bicyclic) bond motifs is 11. The maximum Gasteiger partial charge on any atom is 0.135 e. The molecule has 57 heavy (non-hydrogen) atoms. The van der Waals surface area contributed by atoms with Gasteiger partial charge in [0.2, 0.25) is 0 Å². The van der Waals surface area contributed by atoms with Gasteiger partial charge in [0.25, 0.3) is 0 Å². The number of para-hydroxylation sites is 1. The lowest BCUT2D eigenvalue weighted by Gasteiger charge is -2.27. The van der Waals surface area contributed by atoms with E-state index in [4.69, 9.17) is 4.42 Å². The number of anilines is 3. The molecular formula is C54H34N2O. The van der Waals surface area contributed by atoms with E-state index in [1.54, 1.807) is 0 Å². The summed E-state index contributed by atoms with van der Waals surface area (Å²) in [4.78, 5) is 2.37. The van der Waals surface area contributed by atoms with E-state index in [-0.39, 0.29) is 0 Å². The Hall–Kier alpha value is -7.62. The fourth-order valence-corrected chi connectivity index (χ4v) is 9.12. The van der Waals surface area contributed by atoms with Gasteiger partial charge in [0, 0.05) is 44.0 Å². The molecule has 12 aromatic rings. The molecule has 0 N–H and O–H groups in total. The average molecular weight is 727 g/mol. The second-order valence-corrected chi connectivity index (χ2v) is 14.9. The molecule has 3 nitrogen and oxygen atoms in total. The van der Waals surface area contributed by atoms with Gasteiger partial charge in [0.15, 0.2) is 0 Å². The van der Waals surface area contributed by atoms with Crippen LogP contribution in [0, 0.1) is 0 Å². The molecule has 0 atom stereocenters. The van der Waals surface area contributed by atoms with E-state index in [0.717, 1.165) is 44.7 Å². The second-order valence-electron chi connectivity index (χ2n) is 14.9. The quantitative estimate of drug-likeness (QED) is 0.176. The van der Waals surface area contributed by atoms with Crippen molar-refractivity contribution >= 4 is 93.1 Å². The largest absolute Gasteiger partial charge is 0.456 e. The van der Waals surface area contributed by atoms with Gasteiger partial charge >= 0.3 is 0 Å². The van der Waals surface area contributed by atoms with Gasteiger partial charge in [-0.25, -0.2) is 0 Å².